The number of rotatable bonds is 2. The molecule has 0 aromatic carbocycles. The average Bonchev–Trinajstić information content (AvgIpc) is 2.29. The summed E-state index contributed by atoms with van der Waals surface area (Å²) >= 11 is 0. The first-order valence-electron chi connectivity index (χ1n) is 5.31. The lowest BCUT2D eigenvalue weighted by Gasteiger charge is -2.32. The van der Waals surface area contributed by atoms with E-state index in [1.165, 1.54) is 0 Å². The highest BCUT2D eigenvalue weighted by molar-refractivity contribution is 5.39. The van der Waals surface area contributed by atoms with Crippen LogP contribution in [-0.2, 0) is 11.3 Å². The van der Waals surface area contributed by atoms with Gasteiger partial charge < -0.3 is 15.4 Å². The molecule has 0 unspecified atom stereocenters. The van der Waals surface area contributed by atoms with Gasteiger partial charge in [0.25, 0.3) is 0 Å². The number of hydrogen-bond donors (Lipinski definition) is 1. The molecule has 0 saturated carbocycles. The van der Waals surface area contributed by atoms with Gasteiger partial charge in [0.05, 0.1) is 12.7 Å². The summed E-state index contributed by atoms with van der Waals surface area (Å²) in [4.78, 5) is 6.64. The number of nitrogens with zero attached hydrogens (tertiary/aromatic N) is 2. The first kappa shape index (κ1) is 10.4. The molecule has 2 heterocycles. The van der Waals surface area contributed by atoms with E-state index in [-0.39, 0.29) is 6.10 Å². The molecule has 0 radical (unpaired) electrons. The van der Waals surface area contributed by atoms with Crippen LogP contribution in [-0.4, -0.2) is 30.8 Å². The smallest absolute Gasteiger partial charge is 0.128 e. The fourth-order valence-electron chi connectivity index (χ4n) is 1.75. The number of anilines is 1. The van der Waals surface area contributed by atoms with Gasteiger partial charge in [-0.1, -0.05) is 6.07 Å². The quantitative estimate of drug-likeness (QED) is 0.778. The minimum Gasteiger partial charge on any atom is -0.375 e. The van der Waals surface area contributed by atoms with Gasteiger partial charge >= 0.3 is 0 Å². The summed E-state index contributed by atoms with van der Waals surface area (Å²) in [6.07, 6.45) is 2.13. The second kappa shape index (κ2) is 4.59. The molecule has 1 aromatic rings. The van der Waals surface area contributed by atoms with E-state index in [1.807, 2.05) is 18.3 Å². The van der Waals surface area contributed by atoms with Crippen LogP contribution in [0.5, 0.6) is 0 Å². The van der Waals surface area contributed by atoms with Crippen molar-refractivity contribution in [2.75, 3.05) is 24.6 Å². The molecule has 1 aromatic heterocycles. The van der Waals surface area contributed by atoms with Crippen molar-refractivity contribution in [2.24, 2.45) is 5.73 Å². The zero-order chi connectivity index (χ0) is 10.7. The fraction of sp³-hybridized carbons (Fsp3) is 0.545. The number of pyridine rings is 1. The molecule has 2 rings (SSSR count). The highest BCUT2D eigenvalue weighted by Crippen LogP contribution is 2.15. The van der Waals surface area contributed by atoms with Crippen molar-refractivity contribution in [3.05, 3.63) is 23.9 Å². The molecule has 0 bridgehead atoms. The van der Waals surface area contributed by atoms with E-state index >= 15 is 0 Å². The fourth-order valence-corrected chi connectivity index (χ4v) is 1.75. The maximum atomic E-state index is 5.53. The monoisotopic (exact) mass is 207 g/mol. The van der Waals surface area contributed by atoms with Crippen LogP contribution in [0.15, 0.2) is 18.3 Å². The van der Waals surface area contributed by atoms with Crippen LogP contribution in [0.3, 0.4) is 0 Å². The Balaban J connectivity index is 2.07. The number of ether oxygens (including phenoxy) is 1. The van der Waals surface area contributed by atoms with Crippen molar-refractivity contribution < 1.29 is 4.74 Å². The van der Waals surface area contributed by atoms with Gasteiger partial charge in [0.1, 0.15) is 5.82 Å². The summed E-state index contributed by atoms with van der Waals surface area (Å²) in [7, 11) is 0. The Morgan fingerprint density at radius 3 is 3.07 bits per heavy atom. The van der Waals surface area contributed by atoms with Crippen LogP contribution in [0.4, 0.5) is 5.82 Å². The molecule has 2 N–H and O–H groups in total. The van der Waals surface area contributed by atoms with Crippen LogP contribution in [0.25, 0.3) is 0 Å². The standard InChI is InChI=1S/C11H17N3O/c1-9-8-14(4-5-15-9)11-3-2-10(6-12)7-13-11/h2-3,7,9H,4-6,8,12H2,1H3/t9-/m1/s1. The molecule has 1 fully saturated rings. The van der Waals surface area contributed by atoms with E-state index in [9.17, 15) is 0 Å². The Hall–Kier alpha value is -1.13. The molecule has 82 valence electrons. The molecule has 0 aliphatic carbocycles. The lowest BCUT2D eigenvalue weighted by atomic mass is 10.2. The molecule has 15 heavy (non-hydrogen) atoms. The van der Waals surface area contributed by atoms with Crippen LogP contribution in [0, 0.1) is 0 Å². The molecule has 4 heteroatoms. The molecular formula is C11H17N3O. The minimum absolute atomic E-state index is 0.287. The molecule has 4 nitrogen and oxygen atoms in total. The topological polar surface area (TPSA) is 51.4 Å². The third kappa shape index (κ3) is 2.46. The number of nitrogens with two attached hydrogens (primary N) is 1. The Morgan fingerprint density at radius 1 is 1.60 bits per heavy atom. The largest absolute Gasteiger partial charge is 0.375 e. The third-order valence-corrected chi connectivity index (χ3v) is 2.61. The highest BCUT2D eigenvalue weighted by atomic mass is 16.5. The van der Waals surface area contributed by atoms with Gasteiger partial charge in [-0.05, 0) is 18.6 Å². The number of morpholine rings is 1. The van der Waals surface area contributed by atoms with Gasteiger partial charge in [-0.3, -0.25) is 0 Å². The lowest BCUT2D eigenvalue weighted by molar-refractivity contribution is 0.0529. The van der Waals surface area contributed by atoms with Crippen molar-refractivity contribution in [2.45, 2.75) is 19.6 Å². The Morgan fingerprint density at radius 2 is 2.47 bits per heavy atom. The van der Waals surface area contributed by atoms with Crippen LogP contribution in [0.2, 0.25) is 0 Å². The van der Waals surface area contributed by atoms with Crippen LogP contribution in [0.1, 0.15) is 12.5 Å². The SMILES string of the molecule is C[C@@H]1CN(c2ccc(CN)cn2)CCO1. The van der Waals surface area contributed by atoms with E-state index < -0.39 is 0 Å². The van der Waals surface area contributed by atoms with Crippen molar-refractivity contribution in [3.8, 4) is 0 Å². The lowest BCUT2D eigenvalue weighted by Crippen LogP contribution is -2.41. The first-order valence-corrected chi connectivity index (χ1v) is 5.31. The van der Waals surface area contributed by atoms with E-state index in [1.54, 1.807) is 0 Å². The van der Waals surface area contributed by atoms with Gasteiger partial charge in [-0.25, -0.2) is 4.98 Å². The van der Waals surface area contributed by atoms with Crippen LogP contribution < -0.4 is 10.6 Å². The van der Waals surface area contributed by atoms with Crippen molar-refractivity contribution in [1.29, 1.82) is 0 Å². The molecule has 0 spiro atoms. The third-order valence-electron chi connectivity index (χ3n) is 2.61. The van der Waals surface area contributed by atoms with E-state index in [0.29, 0.717) is 6.54 Å². The maximum Gasteiger partial charge on any atom is 0.128 e. The normalized spacial score (nSPS) is 21.7. The molecule has 1 saturated heterocycles. The van der Waals surface area contributed by atoms with Crippen molar-refractivity contribution in [3.63, 3.8) is 0 Å². The second-order valence-electron chi connectivity index (χ2n) is 3.86. The second-order valence-corrected chi connectivity index (χ2v) is 3.86. The summed E-state index contributed by atoms with van der Waals surface area (Å²) < 4.78 is 5.48. The summed E-state index contributed by atoms with van der Waals surface area (Å²) in [5.41, 5.74) is 6.60. The Kier molecular flexibility index (Phi) is 3.18. The first-order chi connectivity index (χ1) is 7.29. The van der Waals surface area contributed by atoms with Crippen molar-refractivity contribution >= 4 is 5.82 Å². The predicted octanol–water partition coefficient (Wildman–Crippen LogP) is 0.765. The van der Waals surface area contributed by atoms with Crippen LogP contribution >= 0.6 is 0 Å². The van der Waals surface area contributed by atoms with Crippen molar-refractivity contribution in [1.82, 2.24) is 4.98 Å². The van der Waals surface area contributed by atoms with Gasteiger partial charge in [0, 0.05) is 25.8 Å². The summed E-state index contributed by atoms with van der Waals surface area (Å²) in [5.74, 6) is 1.02. The molecule has 1 aliphatic heterocycles. The highest BCUT2D eigenvalue weighted by Gasteiger charge is 2.17. The molecular weight excluding hydrogens is 190 g/mol. The maximum absolute atomic E-state index is 5.53. The zero-order valence-corrected chi connectivity index (χ0v) is 9.02. The predicted molar refractivity (Wildman–Crippen MR) is 59.8 cm³/mol. The Bertz CT molecular complexity index is 312. The van der Waals surface area contributed by atoms with E-state index in [4.69, 9.17) is 10.5 Å². The summed E-state index contributed by atoms with van der Waals surface area (Å²) in [6, 6.07) is 4.06. The Labute approximate surface area is 90.0 Å². The average molecular weight is 207 g/mol. The van der Waals surface area contributed by atoms with Gasteiger partial charge in [0.2, 0.25) is 0 Å². The van der Waals surface area contributed by atoms with Gasteiger partial charge in [0.15, 0.2) is 0 Å². The summed E-state index contributed by atoms with van der Waals surface area (Å²) in [5, 5.41) is 0. The van der Waals surface area contributed by atoms with E-state index in [2.05, 4.69) is 16.8 Å². The van der Waals surface area contributed by atoms with E-state index in [0.717, 1.165) is 31.1 Å². The zero-order valence-electron chi connectivity index (χ0n) is 9.02. The minimum atomic E-state index is 0.287. The number of hydrogen-bond acceptors (Lipinski definition) is 4. The molecule has 0 amide bonds. The molecule has 1 atom stereocenters. The summed E-state index contributed by atoms with van der Waals surface area (Å²) in [6.45, 7) is 5.24. The molecule has 1 aliphatic rings. The van der Waals surface area contributed by atoms with Gasteiger partial charge in [-0.15, -0.1) is 0 Å². The van der Waals surface area contributed by atoms with Gasteiger partial charge in [-0.2, -0.15) is 0 Å². The number of aromatic nitrogens is 1.